The molecule has 0 aliphatic heterocycles. The number of ether oxygens (including phenoxy) is 1. The Hall–Kier alpha value is -3.48. The first-order valence-electron chi connectivity index (χ1n) is 8.41. The van der Waals surface area contributed by atoms with E-state index in [1.165, 1.54) is 6.92 Å². The van der Waals surface area contributed by atoms with Gasteiger partial charge in [-0.2, -0.15) is 0 Å². The van der Waals surface area contributed by atoms with Gasteiger partial charge in [0.2, 0.25) is 5.91 Å². The number of fused-ring (bicyclic) bond motifs is 1. The summed E-state index contributed by atoms with van der Waals surface area (Å²) in [6.45, 7) is 1.53. The molecule has 0 aliphatic rings. The van der Waals surface area contributed by atoms with Crippen molar-refractivity contribution in [1.29, 1.82) is 0 Å². The van der Waals surface area contributed by atoms with Crippen molar-refractivity contribution in [2.24, 2.45) is 0 Å². The number of hydrogen-bond donors (Lipinski definition) is 3. The molecule has 0 saturated carbocycles. The standard InChI is InChI=1S/C20H21N3O4/c1-20(23-19(25)26,11-13-12-21-17-6-4-3-5-16(13)17)18(24)22-14-7-9-15(27-2)10-8-14/h3-10,12,21,23H,11H2,1-2H3,(H,22,24)(H,25,26)/p-1. The molecule has 2 aromatic carbocycles. The summed E-state index contributed by atoms with van der Waals surface area (Å²) in [5.41, 5.74) is 0.862. The molecule has 0 bridgehead atoms. The predicted octanol–water partition coefficient (Wildman–Crippen LogP) is 2.05. The van der Waals surface area contributed by atoms with Crippen LogP contribution in [0.1, 0.15) is 12.5 Å². The van der Waals surface area contributed by atoms with Crippen molar-refractivity contribution in [2.75, 3.05) is 12.4 Å². The van der Waals surface area contributed by atoms with Crippen LogP contribution in [0.25, 0.3) is 10.9 Å². The highest BCUT2D eigenvalue weighted by Crippen LogP contribution is 2.24. The third-order valence-electron chi connectivity index (χ3n) is 4.45. The van der Waals surface area contributed by atoms with Gasteiger partial charge in [-0.1, -0.05) is 18.2 Å². The maximum absolute atomic E-state index is 12.9. The highest BCUT2D eigenvalue weighted by Gasteiger charge is 2.34. The molecule has 2 amide bonds. The van der Waals surface area contributed by atoms with Crippen LogP contribution in [0.15, 0.2) is 54.7 Å². The Morgan fingerprint density at radius 3 is 2.52 bits per heavy atom. The van der Waals surface area contributed by atoms with Gasteiger partial charge in [0.05, 0.1) is 7.11 Å². The van der Waals surface area contributed by atoms with Crippen molar-refractivity contribution in [2.45, 2.75) is 18.9 Å². The van der Waals surface area contributed by atoms with Gasteiger partial charge in [-0.25, -0.2) is 0 Å². The van der Waals surface area contributed by atoms with Gasteiger partial charge in [-0.05, 0) is 42.8 Å². The van der Waals surface area contributed by atoms with Crippen LogP contribution >= 0.6 is 0 Å². The number of rotatable bonds is 6. The molecule has 3 aromatic rings. The number of amides is 2. The Morgan fingerprint density at radius 2 is 1.85 bits per heavy atom. The van der Waals surface area contributed by atoms with Crippen LogP contribution in [0.4, 0.5) is 10.5 Å². The van der Waals surface area contributed by atoms with Crippen molar-refractivity contribution in [3.63, 3.8) is 0 Å². The van der Waals surface area contributed by atoms with Gasteiger partial charge >= 0.3 is 0 Å². The van der Waals surface area contributed by atoms with Crippen molar-refractivity contribution >= 4 is 28.6 Å². The van der Waals surface area contributed by atoms with Crippen molar-refractivity contribution in [3.05, 3.63) is 60.3 Å². The second-order valence-corrected chi connectivity index (χ2v) is 6.46. The van der Waals surface area contributed by atoms with Crippen LogP contribution in [0.5, 0.6) is 5.75 Å². The molecule has 1 atom stereocenters. The summed E-state index contributed by atoms with van der Waals surface area (Å²) in [4.78, 5) is 27.2. The zero-order valence-corrected chi connectivity index (χ0v) is 15.0. The first kappa shape index (κ1) is 18.3. The van der Waals surface area contributed by atoms with Crippen molar-refractivity contribution in [1.82, 2.24) is 10.3 Å². The minimum atomic E-state index is -1.51. The lowest BCUT2D eigenvalue weighted by atomic mass is 9.91. The molecule has 0 aliphatic carbocycles. The molecule has 7 heteroatoms. The summed E-state index contributed by atoms with van der Waals surface area (Å²) < 4.78 is 5.09. The topological polar surface area (TPSA) is 106 Å². The second-order valence-electron chi connectivity index (χ2n) is 6.46. The van der Waals surface area contributed by atoms with Crippen LogP contribution in [-0.2, 0) is 11.2 Å². The molecular weight excluding hydrogens is 346 g/mol. The molecule has 3 N–H and O–H groups in total. The monoisotopic (exact) mass is 366 g/mol. The molecule has 3 rings (SSSR count). The van der Waals surface area contributed by atoms with Crippen molar-refractivity contribution < 1.29 is 19.4 Å². The number of carbonyl (C=O) groups excluding carboxylic acids is 2. The molecule has 1 unspecified atom stereocenters. The van der Waals surface area contributed by atoms with Crippen LogP contribution in [0.3, 0.4) is 0 Å². The fourth-order valence-electron chi connectivity index (χ4n) is 3.01. The number of benzene rings is 2. The zero-order chi connectivity index (χ0) is 19.4. The highest BCUT2D eigenvalue weighted by molar-refractivity contribution is 6.00. The molecule has 7 nitrogen and oxygen atoms in total. The summed E-state index contributed by atoms with van der Waals surface area (Å²) in [5, 5.41) is 17.2. The van der Waals surface area contributed by atoms with Crippen LogP contribution in [0, 0.1) is 0 Å². The van der Waals surface area contributed by atoms with E-state index >= 15 is 0 Å². The number of H-pyrrole nitrogens is 1. The van der Waals surface area contributed by atoms with E-state index in [2.05, 4.69) is 15.6 Å². The summed E-state index contributed by atoms with van der Waals surface area (Å²) in [6, 6.07) is 14.4. The lowest BCUT2D eigenvalue weighted by Crippen LogP contribution is -2.59. The summed E-state index contributed by atoms with van der Waals surface area (Å²) in [5.74, 6) is 0.171. The molecule has 0 spiro atoms. The molecule has 0 fully saturated rings. The Labute approximate surface area is 156 Å². The number of nitrogens with one attached hydrogen (secondary N) is 3. The van der Waals surface area contributed by atoms with Gasteiger partial charge in [-0.15, -0.1) is 0 Å². The average molecular weight is 366 g/mol. The molecule has 0 radical (unpaired) electrons. The number of methoxy groups -OCH3 is 1. The van der Waals surface area contributed by atoms with E-state index in [4.69, 9.17) is 4.74 Å². The smallest absolute Gasteiger partial charge is 0.250 e. The molecular formula is C20H20N3O4-. The van der Waals surface area contributed by atoms with Gasteiger partial charge in [-0.3, -0.25) is 4.79 Å². The first-order chi connectivity index (χ1) is 12.9. The van der Waals surface area contributed by atoms with Gasteiger partial charge < -0.3 is 30.3 Å². The maximum atomic E-state index is 12.9. The Bertz CT molecular complexity index is 965. The Morgan fingerprint density at radius 1 is 1.15 bits per heavy atom. The van der Waals surface area contributed by atoms with Crippen LogP contribution < -0.4 is 20.5 Å². The summed E-state index contributed by atoms with van der Waals surface area (Å²) in [7, 11) is 1.55. The van der Waals surface area contributed by atoms with Gasteiger partial charge in [0.25, 0.3) is 0 Å². The second kappa shape index (κ2) is 7.41. The van der Waals surface area contributed by atoms with E-state index in [0.29, 0.717) is 11.4 Å². The largest absolute Gasteiger partial charge is 0.530 e. The van der Waals surface area contributed by atoms with Crippen LogP contribution in [0.2, 0.25) is 0 Å². The minimum absolute atomic E-state index is 0.160. The number of hydrogen-bond acceptors (Lipinski definition) is 4. The van der Waals surface area contributed by atoms with Crippen molar-refractivity contribution in [3.8, 4) is 5.75 Å². The van der Waals surface area contributed by atoms with E-state index in [9.17, 15) is 14.7 Å². The predicted molar refractivity (Wildman–Crippen MR) is 101 cm³/mol. The van der Waals surface area contributed by atoms with Gasteiger partial charge in [0.15, 0.2) is 0 Å². The number of aromatic nitrogens is 1. The molecule has 0 saturated heterocycles. The van der Waals surface area contributed by atoms with E-state index in [1.54, 1.807) is 37.6 Å². The molecule has 140 valence electrons. The number of anilines is 1. The fraction of sp³-hybridized carbons (Fsp3) is 0.200. The van der Waals surface area contributed by atoms with E-state index < -0.39 is 17.5 Å². The number of para-hydroxylation sites is 1. The quantitative estimate of drug-likeness (QED) is 0.621. The maximum Gasteiger partial charge on any atom is 0.250 e. The highest BCUT2D eigenvalue weighted by atomic mass is 16.5. The van der Waals surface area contributed by atoms with Gasteiger partial charge in [0.1, 0.15) is 17.4 Å². The Balaban J connectivity index is 1.86. The lowest BCUT2D eigenvalue weighted by molar-refractivity contribution is -0.252. The lowest BCUT2D eigenvalue weighted by Gasteiger charge is -2.31. The molecule has 1 aromatic heterocycles. The fourth-order valence-corrected chi connectivity index (χ4v) is 3.01. The first-order valence-corrected chi connectivity index (χ1v) is 8.41. The average Bonchev–Trinajstić information content (AvgIpc) is 3.04. The normalized spacial score (nSPS) is 13.0. The number of aromatic amines is 1. The SMILES string of the molecule is COc1ccc(NC(=O)C(C)(Cc2c[nH]c3ccccc23)NC(=O)[O-])cc1. The zero-order valence-electron chi connectivity index (χ0n) is 15.0. The molecule has 27 heavy (non-hydrogen) atoms. The Kier molecular flexibility index (Phi) is 5.03. The number of carbonyl (C=O) groups is 2. The minimum Gasteiger partial charge on any atom is -0.530 e. The third-order valence-corrected chi connectivity index (χ3v) is 4.45. The van der Waals surface area contributed by atoms with Crippen LogP contribution in [-0.4, -0.2) is 29.6 Å². The summed E-state index contributed by atoms with van der Waals surface area (Å²) >= 11 is 0. The van der Waals surface area contributed by atoms with E-state index in [-0.39, 0.29) is 6.42 Å². The molecule has 1 heterocycles. The summed E-state index contributed by atoms with van der Waals surface area (Å²) in [6.07, 6.45) is 0.426. The van der Waals surface area contributed by atoms with Gasteiger partial charge in [0, 0.05) is 29.2 Å². The van der Waals surface area contributed by atoms with E-state index in [0.717, 1.165) is 16.5 Å². The number of carboxylic acid groups (broad SMARTS) is 1. The van der Waals surface area contributed by atoms with E-state index in [1.807, 2.05) is 24.3 Å². The third kappa shape index (κ3) is 4.03.